The van der Waals surface area contributed by atoms with Gasteiger partial charge in [-0.25, -0.2) is 9.97 Å². The minimum atomic E-state index is -0.0409. The Balaban J connectivity index is 3.11. The molecule has 1 aromatic rings. The van der Waals surface area contributed by atoms with Crippen LogP contribution >= 0.6 is 0 Å². The number of hydrogen-bond acceptors (Lipinski definition) is 5. The fourth-order valence-electron chi connectivity index (χ4n) is 1.90. The molecule has 0 aliphatic rings. The molecule has 1 amide bonds. The monoisotopic (exact) mass is 265 g/mol. The molecule has 1 rings (SSSR count). The van der Waals surface area contributed by atoms with Gasteiger partial charge < -0.3 is 15.5 Å². The molecule has 106 valence electrons. The van der Waals surface area contributed by atoms with Crippen LogP contribution in [0.25, 0.3) is 0 Å². The summed E-state index contributed by atoms with van der Waals surface area (Å²) in [4.78, 5) is 21.9. The third-order valence-corrected chi connectivity index (χ3v) is 2.81. The lowest BCUT2D eigenvalue weighted by Crippen LogP contribution is -2.34. The lowest BCUT2D eigenvalue weighted by atomic mass is 10.0. The first-order chi connectivity index (χ1) is 9.01. The normalized spacial score (nSPS) is 10.4. The van der Waals surface area contributed by atoms with Crippen molar-refractivity contribution in [3.8, 4) is 0 Å². The summed E-state index contributed by atoms with van der Waals surface area (Å²) in [5, 5.41) is 5.86. The molecule has 1 heterocycles. The van der Waals surface area contributed by atoms with Crippen molar-refractivity contribution in [3.63, 3.8) is 0 Å². The first-order valence-electron chi connectivity index (χ1n) is 6.51. The van der Waals surface area contributed by atoms with Crippen LogP contribution in [0.5, 0.6) is 0 Å². The quantitative estimate of drug-likeness (QED) is 0.809. The average Bonchev–Trinajstić information content (AvgIpc) is 2.38. The van der Waals surface area contributed by atoms with Crippen LogP contribution in [0.1, 0.15) is 32.3 Å². The summed E-state index contributed by atoms with van der Waals surface area (Å²) in [5.74, 6) is 1.87. The van der Waals surface area contributed by atoms with Crippen LogP contribution in [-0.2, 0) is 4.79 Å². The number of likely N-dealkylation sites (N-methyl/N-ethyl adjacent to an activating group) is 2. The molecule has 6 nitrogen and oxygen atoms in total. The highest BCUT2D eigenvalue weighted by Gasteiger charge is 2.18. The minimum Gasteiger partial charge on any atom is -0.370 e. The summed E-state index contributed by atoms with van der Waals surface area (Å²) in [6.07, 6.45) is 1.53. The van der Waals surface area contributed by atoms with E-state index in [0.29, 0.717) is 0 Å². The lowest BCUT2D eigenvalue weighted by molar-refractivity contribution is -0.119. The van der Waals surface area contributed by atoms with E-state index in [1.165, 1.54) is 6.33 Å². The van der Waals surface area contributed by atoms with Crippen LogP contribution in [0.4, 0.5) is 11.6 Å². The number of hydrogen-bond donors (Lipinski definition) is 2. The number of anilines is 2. The lowest BCUT2D eigenvalue weighted by Gasteiger charge is -2.23. The van der Waals surface area contributed by atoms with Gasteiger partial charge in [0.25, 0.3) is 0 Å². The molecule has 0 aliphatic heterocycles. The molecule has 6 heteroatoms. The SMILES string of the molecule is CCNc1ncnc(N(C)CC(=O)NC)c1C(C)C. The molecule has 1 aromatic heterocycles. The van der Waals surface area contributed by atoms with E-state index in [1.807, 2.05) is 18.9 Å². The highest BCUT2D eigenvalue weighted by Crippen LogP contribution is 2.29. The molecule has 0 bridgehead atoms. The summed E-state index contributed by atoms with van der Waals surface area (Å²) in [6.45, 7) is 7.29. The molecule has 0 aromatic carbocycles. The second kappa shape index (κ2) is 6.92. The van der Waals surface area contributed by atoms with Crippen molar-refractivity contribution in [2.45, 2.75) is 26.7 Å². The van der Waals surface area contributed by atoms with Crippen molar-refractivity contribution in [1.82, 2.24) is 15.3 Å². The maximum Gasteiger partial charge on any atom is 0.239 e. The summed E-state index contributed by atoms with van der Waals surface area (Å²) < 4.78 is 0. The van der Waals surface area contributed by atoms with E-state index in [1.54, 1.807) is 7.05 Å². The van der Waals surface area contributed by atoms with Crippen LogP contribution < -0.4 is 15.5 Å². The van der Waals surface area contributed by atoms with Gasteiger partial charge in [0.15, 0.2) is 0 Å². The summed E-state index contributed by atoms with van der Waals surface area (Å²) >= 11 is 0. The molecule has 0 saturated carbocycles. The van der Waals surface area contributed by atoms with Crippen LogP contribution in [0.15, 0.2) is 6.33 Å². The second-order valence-corrected chi connectivity index (χ2v) is 4.67. The third kappa shape index (κ3) is 3.81. The Morgan fingerprint density at radius 3 is 2.63 bits per heavy atom. The van der Waals surface area contributed by atoms with Gasteiger partial charge >= 0.3 is 0 Å². The van der Waals surface area contributed by atoms with Gasteiger partial charge in [0, 0.05) is 26.2 Å². The molecule has 0 saturated heterocycles. The molecular formula is C13H23N5O. The van der Waals surface area contributed by atoms with Crippen LogP contribution in [0, 0.1) is 0 Å². The van der Waals surface area contributed by atoms with Gasteiger partial charge in [0.2, 0.25) is 5.91 Å². The van der Waals surface area contributed by atoms with Gasteiger partial charge in [-0.1, -0.05) is 13.8 Å². The summed E-state index contributed by atoms with van der Waals surface area (Å²) in [7, 11) is 3.49. The van der Waals surface area contributed by atoms with E-state index in [0.717, 1.165) is 23.7 Å². The second-order valence-electron chi connectivity index (χ2n) is 4.67. The molecule has 2 N–H and O–H groups in total. The number of aromatic nitrogens is 2. The number of carbonyl (C=O) groups excluding carboxylic acids is 1. The topological polar surface area (TPSA) is 70.2 Å². The standard InChI is InChI=1S/C13H23N5O/c1-6-15-12-11(9(2)3)13(17-8-16-12)18(5)7-10(19)14-4/h8-9H,6-7H2,1-5H3,(H,14,19)(H,15,16,17). The molecule has 0 radical (unpaired) electrons. The predicted octanol–water partition coefficient (Wildman–Crippen LogP) is 1.21. The van der Waals surface area contributed by atoms with E-state index in [-0.39, 0.29) is 18.4 Å². The zero-order valence-corrected chi connectivity index (χ0v) is 12.3. The third-order valence-electron chi connectivity index (χ3n) is 2.81. The maximum absolute atomic E-state index is 11.5. The minimum absolute atomic E-state index is 0.0409. The van der Waals surface area contributed by atoms with E-state index < -0.39 is 0 Å². The van der Waals surface area contributed by atoms with Crippen molar-refractivity contribution in [2.24, 2.45) is 0 Å². The number of rotatable bonds is 6. The largest absolute Gasteiger partial charge is 0.370 e. The van der Waals surface area contributed by atoms with Gasteiger partial charge in [0.1, 0.15) is 18.0 Å². The van der Waals surface area contributed by atoms with Crippen molar-refractivity contribution in [2.75, 3.05) is 37.4 Å². The zero-order chi connectivity index (χ0) is 14.4. The maximum atomic E-state index is 11.5. The highest BCUT2D eigenvalue weighted by atomic mass is 16.1. The number of nitrogens with one attached hydrogen (secondary N) is 2. The van der Waals surface area contributed by atoms with Crippen molar-refractivity contribution in [3.05, 3.63) is 11.9 Å². The van der Waals surface area contributed by atoms with Crippen molar-refractivity contribution >= 4 is 17.5 Å². The summed E-state index contributed by atoms with van der Waals surface area (Å²) in [5.41, 5.74) is 1.04. The highest BCUT2D eigenvalue weighted by molar-refractivity contribution is 5.81. The molecule has 19 heavy (non-hydrogen) atoms. The first kappa shape index (κ1) is 15.2. The molecule has 0 atom stereocenters. The van der Waals surface area contributed by atoms with Crippen LogP contribution in [0.3, 0.4) is 0 Å². The molecule has 0 unspecified atom stereocenters. The van der Waals surface area contributed by atoms with E-state index >= 15 is 0 Å². The Labute approximate surface area is 114 Å². The zero-order valence-electron chi connectivity index (χ0n) is 12.3. The number of carbonyl (C=O) groups is 1. The summed E-state index contributed by atoms with van der Waals surface area (Å²) in [6, 6.07) is 0. The predicted molar refractivity (Wildman–Crippen MR) is 77.6 cm³/mol. The van der Waals surface area contributed by atoms with E-state index in [4.69, 9.17) is 0 Å². The Bertz CT molecular complexity index is 433. The van der Waals surface area contributed by atoms with Gasteiger partial charge in [-0.3, -0.25) is 4.79 Å². The van der Waals surface area contributed by atoms with E-state index in [2.05, 4.69) is 34.4 Å². The number of amides is 1. The fourth-order valence-corrected chi connectivity index (χ4v) is 1.90. The van der Waals surface area contributed by atoms with Gasteiger partial charge in [-0.15, -0.1) is 0 Å². The van der Waals surface area contributed by atoms with Gasteiger partial charge in [0.05, 0.1) is 6.54 Å². The van der Waals surface area contributed by atoms with Crippen molar-refractivity contribution < 1.29 is 4.79 Å². The molecule has 0 spiro atoms. The van der Waals surface area contributed by atoms with Gasteiger partial charge in [-0.2, -0.15) is 0 Å². The molecule has 0 aliphatic carbocycles. The first-order valence-corrected chi connectivity index (χ1v) is 6.51. The Hall–Kier alpha value is -1.85. The average molecular weight is 265 g/mol. The van der Waals surface area contributed by atoms with Crippen molar-refractivity contribution in [1.29, 1.82) is 0 Å². The molecular weight excluding hydrogens is 242 g/mol. The fraction of sp³-hybridized carbons (Fsp3) is 0.615. The van der Waals surface area contributed by atoms with Crippen LogP contribution in [-0.4, -0.2) is 43.1 Å². The van der Waals surface area contributed by atoms with E-state index in [9.17, 15) is 4.79 Å². The van der Waals surface area contributed by atoms with Crippen LogP contribution in [0.2, 0.25) is 0 Å². The Kier molecular flexibility index (Phi) is 5.54. The Morgan fingerprint density at radius 1 is 1.42 bits per heavy atom. The molecule has 0 fully saturated rings. The smallest absolute Gasteiger partial charge is 0.239 e. The van der Waals surface area contributed by atoms with Gasteiger partial charge in [-0.05, 0) is 12.8 Å². The Morgan fingerprint density at radius 2 is 2.11 bits per heavy atom. The number of nitrogens with zero attached hydrogens (tertiary/aromatic N) is 3.